The van der Waals surface area contributed by atoms with Crippen molar-refractivity contribution in [2.45, 2.75) is 52.4 Å². The molecule has 0 N–H and O–H groups in total. The van der Waals surface area contributed by atoms with Gasteiger partial charge in [0, 0.05) is 51.6 Å². The first kappa shape index (κ1) is 19.2. The molecule has 0 spiro atoms. The van der Waals surface area contributed by atoms with Crippen molar-refractivity contribution in [2.75, 3.05) is 39.3 Å². The number of carbonyl (C=O) groups is 3. The van der Waals surface area contributed by atoms with E-state index in [9.17, 15) is 14.4 Å². The van der Waals surface area contributed by atoms with Crippen LogP contribution in [0.15, 0.2) is 0 Å². The summed E-state index contributed by atoms with van der Waals surface area (Å²) in [4.78, 5) is 43.1. The molecule has 3 fully saturated rings. The summed E-state index contributed by atoms with van der Waals surface area (Å²) in [5.74, 6) is 1.34. The molecule has 2 saturated heterocycles. The number of nitrogens with zero attached hydrogens (tertiary/aromatic N) is 3. The van der Waals surface area contributed by atoms with Crippen LogP contribution in [0.1, 0.15) is 52.4 Å². The molecule has 1 saturated carbocycles. The van der Waals surface area contributed by atoms with Gasteiger partial charge in [0.15, 0.2) is 0 Å². The lowest BCUT2D eigenvalue weighted by molar-refractivity contribution is -0.145. The van der Waals surface area contributed by atoms with Crippen molar-refractivity contribution >= 4 is 17.7 Å². The quantitative estimate of drug-likeness (QED) is 0.747. The number of amides is 3. The average Bonchev–Trinajstić information content (AvgIpc) is 3.50. The minimum absolute atomic E-state index is 0.0605. The number of piperidine rings is 1. The van der Waals surface area contributed by atoms with E-state index in [1.165, 1.54) is 0 Å². The fraction of sp³-hybridized carbons (Fsp3) is 0.850. The van der Waals surface area contributed by atoms with E-state index in [1.54, 1.807) is 0 Å². The molecule has 26 heavy (non-hydrogen) atoms. The third-order valence-corrected chi connectivity index (χ3v) is 5.89. The second-order valence-corrected chi connectivity index (χ2v) is 8.54. The van der Waals surface area contributed by atoms with Gasteiger partial charge in [0.1, 0.15) is 0 Å². The van der Waals surface area contributed by atoms with Crippen molar-refractivity contribution in [2.24, 2.45) is 17.8 Å². The summed E-state index contributed by atoms with van der Waals surface area (Å²) in [5.41, 5.74) is 0. The van der Waals surface area contributed by atoms with Crippen LogP contribution >= 0.6 is 0 Å². The van der Waals surface area contributed by atoms with Crippen LogP contribution in [-0.4, -0.2) is 71.7 Å². The van der Waals surface area contributed by atoms with Crippen molar-refractivity contribution in [1.29, 1.82) is 0 Å². The van der Waals surface area contributed by atoms with Crippen LogP contribution < -0.4 is 0 Å². The fourth-order valence-electron chi connectivity index (χ4n) is 3.97. The van der Waals surface area contributed by atoms with Gasteiger partial charge in [-0.3, -0.25) is 14.4 Å². The smallest absolute Gasteiger partial charge is 0.227 e. The van der Waals surface area contributed by atoms with Gasteiger partial charge < -0.3 is 14.7 Å². The molecule has 2 aliphatic heterocycles. The highest BCUT2D eigenvalue weighted by molar-refractivity contribution is 5.84. The van der Waals surface area contributed by atoms with Crippen LogP contribution in [0.2, 0.25) is 0 Å². The molecule has 2 heterocycles. The molecule has 0 radical (unpaired) electrons. The monoisotopic (exact) mass is 363 g/mol. The lowest BCUT2D eigenvalue weighted by atomic mass is 9.95. The van der Waals surface area contributed by atoms with E-state index in [1.807, 2.05) is 14.7 Å². The Morgan fingerprint density at radius 3 is 2.04 bits per heavy atom. The standard InChI is InChI=1S/C20H33N3O3/c1-15(2)5-8-18(24)21-10-12-22(13-11-21)20(26)17-4-3-9-23(14-17)19(25)16-6-7-16/h15-17H,3-14H2,1-2H3. The third kappa shape index (κ3) is 4.77. The molecule has 6 nitrogen and oxygen atoms in total. The molecule has 3 aliphatic rings. The van der Waals surface area contributed by atoms with E-state index in [4.69, 9.17) is 0 Å². The molecular formula is C20H33N3O3. The summed E-state index contributed by atoms with van der Waals surface area (Å²) in [5, 5.41) is 0. The number of likely N-dealkylation sites (tertiary alicyclic amines) is 1. The molecule has 6 heteroatoms. The van der Waals surface area contributed by atoms with Gasteiger partial charge in [-0.25, -0.2) is 0 Å². The van der Waals surface area contributed by atoms with Crippen LogP contribution in [0.4, 0.5) is 0 Å². The highest BCUT2D eigenvalue weighted by Crippen LogP contribution is 2.32. The molecule has 1 atom stereocenters. The lowest BCUT2D eigenvalue weighted by Gasteiger charge is -2.39. The van der Waals surface area contributed by atoms with Crippen molar-refractivity contribution in [3.05, 3.63) is 0 Å². The largest absolute Gasteiger partial charge is 0.342 e. The number of hydrogen-bond acceptors (Lipinski definition) is 3. The Morgan fingerprint density at radius 2 is 1.42 bits per heavy atom. The molecule has 0 aromatic rings. The van der Waals surface area contributed by atoms with Crippen molar-refractivity contribution in [3.63, 3.8) is 0 Å². The Kier molecular flexibility index (Phi) is 6.20. The lowest BCUT2D eigenvalue weighted by Crippen LogP contribution is -2.54. The van der Waals surface area contributed by atoms with Crippen LogP contribution in [0.3, 0.4) is 0 Å². The highest BCUT2D eigenvalue weighted by atomic mass is 16.2. The summed E-state index contributed by atoms with van der Waals surface area (Å²) in [6.07, 6.45) is 5.35. The first-order valence-electron chi connectivity index (χ1n) is 10.3. The Balaban J connectivity index is 1.45. The maximum absolute atomic E-state index is 12.9. The van der Waals surface area contributed by atoms with Crippen molar-refractivity contribution in [1.82, 2.24) is 14.7 Å². The second kappa shape index (κ2) is 8.40. The Labute approximate surface area is 156 Å². The molecule has 1 aliphatic carbocycles. The van der Waals surface area contributed by atoms with E-state index < -0.39 is 0 Å². The van der Waals surface area contributed by atoms with Crippen LogP contribution in [0.25, 0.3) is 0 Å². The maximum atomic E-state index is 12.9. The van der Waals surface area contributed by atoms with E-state index in [0.717, 1.165) is 38.6 Å². The van der Waals surface area contributed by atoms with Crippen LogP contribution in [0.5, 0.6) is 0 Å². The molecule has 3 rings (SSSR count). The first-order chi connectivity index (χ1) is 12.5. The normalized spacial score (nSPS) is 24.1. The molecule has 0 aromatic heterocycles. The predicted molar refractivity (Wildman–Crippen MR) is 99.3 cm³/mol. The van der Waals surface area contributed by atoms with Gasteiger partial charge in [0.05, 0.1) is 5.92 Å². The zero-order chi connectivity index (χ0) is 18.7. The molecule has 146 valence electrons. The summed E-state index contributed by atoms with van der Waals surface area (Å²) in [6, 6.07) is 0. The van der Waals surface area contributed by atoms with E-state index in [-0.39, 0.29) is 29.6 Å². The molecular weight excluding hydrogens is 330 g/mol. The Bertz CT molecular complexity index is 536. The number of hydrogen-bond donors (Lipinski definition) is 0. The summed E-state index contributed by atoms with van der Waals surface area (Å²) in [6.45, 7) is 8.18. The van der Waals surface area contributed by atoms with Gasteiger partial charge in [-0.1, -0.05) is 13.8 Å². The van der Waals surface area contributed by atoms with Gasteiger partial charge in [0.2, 0.25) is 17.7 Å². The first-order valence-corrected chi connectivity index (χ1v) is 10.3. The van der Waals surface area contributed by atoms with Gasteiger partial charge in [0.25, 0.3) is 0 Å². The SMILES string of the molecule is CC(C)CCC(=O)N1CCN(C(=O)C2CCCN(C(=O)C3CC3)C2)CC1. The molecule has 3 amide bonds. The minimum Gasteiger partial charge on any atom is -0.342 e. The maximum Gasteiger partial charge on any atom is 0.227 e. The average molecular weight is 364 g/mol. The Hall–Kier alpha value is -1.59. The van der Waals surface area contributed by atoms with E-state index >= 15 is 0 Å². The minimum atomic E-state index is -0.0605. The van der Waals surface area contributed by atoms with Gasteiger partial charge in [-0.15, -0.1) is 0 Å². The molecule has 0 bridgehead atoms. The summed E-state index contributed by atoms with van der Waals surface area (Å²) in [7, 11) is 0. The van der Waals surface area contributed by atoms with Crippen LogP contribution in [0, 0.1) is 17.8 Å². The second-order valence-electron chi connectivity index (χ2n) is 8.54. The van der Waals surface area contributed by atoms with Crippen LogP contribution in [-0.2, 0) is 14.4 Å². The zero-order valence-electron chi connectivity index (χ0n) is 16.3. The number of piperazine rings is 1. The fourth-order valence-corrected chi connectivity index (χ4v) is 3.97. The van der Waals surface area contributed by atoms with E-state index in [2.05, 4.69) is 13.8 Å². The van der Waals surface area contributed by atoms with Gasteiger partial charge in [-0.05, 0) is 38.0 Å². The molecule has 0 aromatic carbocycles. The number of rotatable bonds is 5. The van der Waals surface area contributed by atoms with E-state index in [0.29, 0.717) is 45.1 Å². The van der Waals surface area contributed by atoms with Gasteiger partial charge >= 0.3 is 0 Å². The zero-order valence-corrected chi connectivity index (χ0v) is 16.3. The van der Waals surface area contributed by atoms with Gasteiger partial charge in [-0.2, -0.15) is 0 Å². The predicted octanol–water partition coefficient (Wildman–Crippen LogP) is 1.74. The van der Waals surface area contributed by atoms with Crippen molar-refractivity contribution < 1.29 is 14.4 Å². The summed E-state index contributed by atoms with van der Waals surface area (Å²) >= 11 is 0. The highest BCUT2D eigenvalue weighted by Gasteiger charge is 2.38. The summed E-state index contributed by atoms with van der Waals surface area (Å²) < 4.78 is 0. The molecule has 1 unspecified atom stereocenters. The third-order valence-electron chi connectivity index (χ3n) is 5.89. The number of carbonyl (C=O) groups excluding carboxylic acids is 3. The Morgan fingerprint density at radius 1 is 0.808 bits per heavy atom. The van der Waals surface area contributed by atoms with Crippen molar-refractivity contribution in [3.8, 4) is 0 Å². The topological polar surface area (TPSA) is 60.9 Å².